The third kappa shape index (κ3) is 5.38. The van der Waals surface area contributed by atoms with Crippen LogP contribution >= 0.6 is 51.2 Å². The standard InChI is InChI=1S/C17H22BrN5O2S.HI/c1-24-14-10-12(9-13(18)15(14)25-2)11-21-16(19)22-4-6-23(7-5-22)17-20-3-8-26-17;/h3,8-10H,4-7,11H2,1-2H3,(H2,19,21);1H. The molecule has 1 aromatic heterocycles. The van der Waals surface area contributed by atoms with Gasteiger partial charge in [0.15, 0.2) is 22.6 Å². The van der Waals surface area contributed by atoms with Crippen molar-refractivity contribution < 1.29 is 9.47 Å². The van der Waals surface area contributed by atoms with E-state index in [1.54, 1.807) is 25.6 Å². The van der Waals surface area contributed by atoms with Crippen molar-refractivity contribution >= 4 is 62.3 Å². The second-order valence-corrected chi connectivity index (χ2v) is 7.50. The van der Waals surface area contributed by atoms with Gasteiger partial charge in [-0.25, -0.2) is 9.98 Å². The molecule has 0 aliphatic carbocycles. The Morgan fingerprint density at radius 3 is 2.59 bits per heavy atom. The van der Waals surface area contributed by atoms with Gasteiger partial charge in [-0.2, -0.15) is 0 Å². The van der Waals surface area contributed by atoms with Gasteiger partial charge in [-0.15, -0.1) is 35.3 Å². The Morgan fingerprint density at radius 2 is 2.00 bits per heavy atom. The van der Waals surface area contributed by atoms with Crippen LogP contribution in [0.2, 0.25) is 0 Å². The molecule has 3 rings (SSSR count). The monoisotopic (exact) mass is 567 g/mol. The zero-order chi connectivity index (χ0) is 18.5. The zero-order valence-electron chi connectivity index (χ0n) is 15.2. The number of benzene rings is 1. The van der Waals surface area contributed by atoms with Crippen molar-refractivity contribution in [3.8, 4) is 11.5 Å². The maximum Gasteiger partial charge on any atom is 0.191 e. The topological polar surface area (TPSA) is 76.2 Å². The highest BCUT2D eigenvalue weighted by Crippen LogP contribution is 2.36. The van der Waals surface area contributed by atoms with Crippen molar-refractivity contribution in [2.24, 2.45) is 10.7 Å². The molecule has 1 aliphatic heterocycles. The minimum atomic E-state index is 0. The van der Waals surface area contributed by atoms with Crippen LogP contribution in [0.15, 0.2) is 33.2 Å². The number of aromatic nitrogens is 1. The zero-order valence-corrected chi connectivity index (χ0v) is 20.0. The summed E-state index contributed by atoms with van der Waals surface area (Å²) in [7, 11) is 3.23. The first-order valence-electron chi connectivity index (χ1n) is 8.22. The van der Waals surface area contributed by atoms with Gasteiger partial charge in [0, 0.05) is 37.8 Å². The summed E-state index contributed by atoms with van der Waals surface area (Å²) in [5.41, 5.74) is 7.20. The quantitative estimate of drug-likeness (QED) is 0.340. The molecule has 27 heavy (non-hydrogen) atoms. The molecule has 1 fully saturated rings. The first kappa shape index (κ1) is 22.0. The van der Waals surface area contributed by atoms with Gasteiger partial charge in [0.1, 0.15) is 0 Å². The molecule has 0 spiro atoms. The third-order valence-corrected chi connectivity index (χ3v) is 5.63. The number of piperazine rings is 1. The Labute approximate surface area is 188 Å². The van der Waals surface area contributed by atoms with Crippen LogP contribution in [-0.4, -0.2) is 56.2 Å². The molecule has 1 aromatic carbocycles. The first-order valence-corrected chi connectivity index (χ1v) is 9.89. The molecular weight excluding hydrogens is 545 g/mol. The maximum atomic E-state index is 6.20. The summed E-state index contributed by atoms with van der Waals surface area (Å²) >= 11 is 5.17. The second-order valence-electron chi connectivity index (χ2n) is 5.78. The van der Waals surface area contributed by atoms with Gasteiger partial charge < -0.3 is 25.0 Å². The van der Waals surface area contributed by atoms with Crippen molar-refractivity contribution in [3.63, 3.8) is 0 Å². The van der Waals surface area contributed by atoms with Gasteiger partial charge in [-0.1, -0.05) is 0 Å². The Morgan fingerprint density at radius 1 is 1.26 bits per heavy atom. The summed E-state index contributed by atoms with van der Waals surface area (Å²) in [5, 5.41) is 3.06. The molecule has 0 atom stereocenters. The van der Waals surface area contributed by atoms with E-state index < -0.39 is 0 Å². The minimum Gasteiger partial charge on any atom is -0.493 e. The SMILES string of the molecule is COc1cc(CN=C(N)N2CCN(c3nccs3)CC2)cc(Br)c1OC.I. The highest BCUT2D eigenvalue weighted by Gasteiger charge is 2.20. The van der Waals surface area contributed by atoms with Crippen molar-refractivity contribution in [1.29, 1.82) is 0 Å². The second kappa shape index (κ2) is 10.3. The molecule has 148 valence electrons. The summed E-state index contributed by atoms with van der Waals surface area (Å²) in [6, 6.07) is 3.89. The number of nitrogens with zero attached hydrogens (tertiary/aromatic N) is 4. The summed E-state index contributed by atoms with van der Waals surface area (Å²) in [5.74, 6) is 1.91. The maximum absolute atomic E-state index is 6.20. The molecule has 0 radical (unpaired) electrons. The first-order chi connectivity index (χ1) is 12.6. The molecule has 1 saturated heterocycles. The fraction of sp³-hybridized carbons (Fsp3) is 0.412. The van der Waals surface area contributed by atoms with Gasteiger partial charge in [0.05, 0.1) is 25.2 Å². The van der Waals surface area contributed by atoms with E-state index in [9.17, 15) is 0 Å². The van der Waals surface area contributed by atoms with Gasteiger partial charge in [0.2, 0.25) is 0 Å². The molecule has 7 nitrogen and oxygen atoms in total. The molecule has 0 bridgehead atoms. The van der Waals surface area contributed by atoms with Crippen LogP contribution in [0.3, 0.4) is 0 Å². The van der Waals surface area contributed by atoms with E-state index in [-0.39, 0.29) is 24.0 Å². The van der Waals surface area contributed by atoms with E-state index in [1.165, 1.54) is 0 Å². The molecule has 2 aromatic rings. The van der Waals surface area contributed by atoms with Crippen LogP contribution in [0, 0.1) is 0 Å². The fourth-order valence-corrected chi connectivity index (χ4v) is 4.18. The van der Waals surface area contributed by atoms with Crippen LogP contribution in [-0.2, 0) is 6.54 Å². The van der Waals surface area contributed by atoms with E-state index in [1.807, 2.05) is 23.7 Å². The highest BCUT2D eigenvalue weighted by atomic mass is 127. The average Bonchev–Trinajstić information content (AvgIpc) is 3.20. The van der Waals surface area contributed by atoms with Crippen molar-refractivity contribution in [3.05, 3.63) is 33.7 Å². The Kier molecular flexibility index (Phi) is 8.42. The van der Waals surface area contributed by atoms with Gasteiger partial charge in [-0.05, 0) is 33.6 Å². The minimum absolute atomic E-state index is 0. The summed E-state index contributed by atoms with van der Waals surface area (Å²) in [4.78, 5) is 13.3. The number of halogens is 2. The number of nitrogens with two attached hydrogens (primary N) is 1. The molecule has 0 saturated carbocycles. The van der Waals surface area contributed by atoms with Crippen molar-refractivity contribution in [1.82, 2.24) is 9.88 Å². The fourth-order valence-electron chi connectivity index (χ4n) is 2.83. The van der Waals surface area contributed by atoms with Crippen LogP contribution < -0.4 is 20.1 Å². The lowest BCUT2D eigenvalue weighted by Crippen LogP contribution is -2.51. The number of hydrogen-bond acceptors (Lipinski definition) is 6. The number of anilines is 1. The van der Waals surface area contributed by atoms with Gasteiger partial charge >= 0.3 is 0 Å². The summed E-state index contributed by atoms with van der Waals surface area (Å²) in [6.45, 7) is 3.95. The molecule has 2 heterocycles. The lowest BCUT2D eigenvalue weighted by molar-refractivity contribution is 0.352. The largest absolute Gasteiger partial charge is 0.493 e. The number of thiazole rings is 1. The van der Waals surface area contributed by atoms with Gasteiger partial charge in [-0.3, -0.25) is 0 Å². The molecule has 2 N–H and O–H groups in total. The Hall–Kier alpha value is -1.27. The van der Waals surface area contributed by atoms with Crippen LogP contribution in [0.1, 0.15) is 5.56 Å². The van der Waals surface area contributed by atoms with Crippen LogP contribution in [0.25, 0.3) is 0 Å². The third-order valence-electron chi connectivity index (χ3n) is 4.21. The number of hydrogen-bond donors (Lipinski definition) is 1. The van der Waals surface area contributed by atoms with Crippen LogP contribution in [0.5, 0.6) is 11.5 Å². The van der Waals surface area contributed by atoms with Crippen LogP contribution in [0.4, 0.5) is 5.13 Å². The normalized spacial score (nSPS) is 14.7. The number of methoxy groups -OCH3 is 2. The highest BCUT2D eigenvalue weighted by molar-refractivity contribution is 14.0. The summed E-state index contributed by atoms with van der Waals surface area (Å²) in [6.07, 6.45) is 1.84. The molecule has 10 heteroatoms. The summed E-state index contributed by atoms with van der Waals surface area (Å²) < 4.78 is 11.5. The molecular formula is C17H23BrIN5O2S. The number of aliphatic imine (C=N–C) groups is 1. The van der Waals surface area contributed by atoms with Crippen molar-refractivity contribution in [2.75, 3.05) is 45.3 Å². The molecule has 0 unspecified atom stereocenters. The number of rotatable bonds is 5. The molecule has 0 amide bonds. The van der Waals surface area contributed by atoms with E-state index >= 15 is 0 Å². The smallest absolute Gasteiger partial charge is 0.191 e. The predicted octanol–water partition coefficient (Wildman–Crippen LogP) is 3.18. The van der Waals surface area contributed by atoms with Crippen molar-refractivity contribution in [2.45, 2.75) is 6.54 Å². The van der Waals surface area contributed by atoms with E-state index in [2.05, 4.69) is 35.7 Å². The van der Waals surface area contributed by atoms with E-state index in [0.717, 1.165) is 41.3 Å². The van der Waals surface area contributed by atoms with E-state index in [0.29, 0.717) is 24.0 Å². The Balaban J connectivity index is 0.00000261. The predicted molar refractivity (Wildman–Crippen MR) is 124 cm³/mol. The Bertz CT molecular complexity index is 767. The lowest BCUT2D eigenvalue weighted by Gasteiger charge is -2.35. The number of guanidine groups is 1. The number of ether oxygens (including phenoxy) is 2. The molecule has 1 aliphatic rings. The lowest BCUT2D eigenvalue weighted by atomic mass is 10.2. The van der Waals surface area contributed by atoms with E-state index in [4.69, 9.17) is 15.2 Å². The average molecular weight is 568 g/mol. The van der Waals surface area contributed by atoms with Gasteiger partial charge in [0.25, 0.3) is 0 Å².